The Labute approximate surface area is 211 Å². The molecule has 2 atom stereocenters. The van der Waals surface area contributed by atoms with Crippen LogP contribution in [0.4, 0.5) is 0 Å². The Morgan fingerprint density at radius 1 is 0.741 bits per heavy atom. The maximum Gasteiger partial charge on any atom is 1.00 e. The summed E-state index contributed by atoms with van der Waals surface area (Å²) in [5.41, 5.74) is 0. The first-order valence-corrected chi connectivity index (χ1v) is 12.5. The minimum Gasteiger partial charge on any atom is -0.748 e. The van der Waals surface area contributed by atoms with Gasteiger partial charge in [0.05, 0.1) is 21.5 Å². The molecule has 0 heterocycles. The average molecular weight is 431 g/mol. The van der Waals surface area contributed by atoms with Crippen molar-refractivity contribution < 1.29 is 69.5 Å². The van der Waals surface area contributed by atoms with E-state index in [-0.39, 0.29) is 57.8 Å². The second kappa shape index (κ2) is 20.8. The van der Waals surface area contributed by atoms with Crippen LogP contribution >= 0.6 is 0 Å². The van der Waals surface area contributed by atoms with Crippen LogP contribution in [0.5, 0.6) is 0 Å². The minimum absolute atomic E-state index is 0. The van der Waals surface area contributed by atoms with E-state index in [0.29, 0.717) is 12.8 Å². The number of rotatable bonds is 19. The van der Waals surface area contributed by atoms with Crippen molar-refractivity contribution in [2.45, 2.75) is 134 Å². The summed E-state index contributed by atoms with van der Waals surface area (Å²) >= 11 is 0. The monoisotopic (exact) mass is 430 g/mol. The van der Waals surface area contributed by atoms with Crippen molar-refractivity contribution in [2.24, 2.45) is 0 Å². The molecule has 0 fully saturated rings. The van der Waals surface area contributed by atoms with Crippen LogP contribution in [0.2, 0.25) is 0 Å². The van der Waals surface area contributed by atoms with Gasteiger partial charge < -0.3 is 9.66 Å². The molecule has 2 unspecified atom stereocenters. The van der Waals surface area contributed by atoms with Gasteiger partial charge in [-0.2, -0.15) is 0 Å². The molecular weight excluding hydrogens is 387 g/mol. The van der Waals surface area contributed by atoms with Crippen LogP contribution in [0.15, 0.2) is 0 Å². The Kier molecular flexibility index (Phi) is 23.6. The topological polar surface area (TPSA) is 77.4 Å². The smallest absolute Gasteiger partial charge is 0.748 e. The van der Waals surface area contributed by atoms with E-state index < -0.39 is 21.5 Å². The molecule has 0 aliphatic carbocycles. The van der Waals surface area contributed by atoms with Crippen molar-refractivity contribution in [2.75, 3.05) is 0 Å². The fourth-order valence-electron chi connectivity index (χ4n) is 3.42. The zero-order valence-electron chi connectivity index (χ0n) is 18.3. The van der Waals surface area contributed by atoms with Crippen LogP contribution in [0, 0.1) is 0 Å². The van der Waals surface area contributed by atoms with Crippen LogP contribution in [0.3, 0.4) is 0 Å². The molecule has 0 amide bonds. The first-order valence-electron chi connectivity index (χ1n) is 11.0. The van der Waals surface area contributed by atoms with E-state index in [9.17, 15) is 18.1 Å². The van der Waals surface area contributed by atoms with Gasteiger partial charge >= 0.3 is 51.4 Å². The molecule has 4 nitrogen and oxygen atoms in total. The summed E-state index contributed by atoms with van der Waals surface area (Å²) in [6.45, 7) is 4.05. The van der Waals surface area contributed by atoms with Gasteiger partial charge in [-0.1, -0.05) is 104 Å². The summed E-state index contributed by atoms with van der Waals surface area (Å²) in [5, 5.41) is 8.68. The summed E-state index contributed by atoms with van der Waals surface area (Å²) in [4.78, 5) is 0. The van der Waals surface area contributed by atoms with Crippen LogP contribution in [0.1, 0.15) is 123 Å². The van der Waals surface area contributed by atoms with Gasteiger partial charge in [-0.05, 0) is 19.3 Å². The van der Waals surface area contributed by atoms with Crippen LogP contribution in [-0.4, -0.2) is 29.4 Å². The third-order valence-electron chi connectivity index (χ3n) is 5.29. The van der Waals surface area contributed by atoms with Gasteiger partial charge in [0, 0.05) is 0 Å². The zero-order chi connectivity index (χ0) is 19.7. The maximum atomic E-state index is 11.3. The van der Waals surface area contributed by atoms with Crippen molar-refractivity contribution in [3.8, 4) is 0 Å². The Morgan fingerprint density at radius 3 is 1.44 bits per heavy atom. The molecule has 0 aromatic heterocycles. The van der Waals surface area contributed by atoms with Crippen LogP contribution < -0.4 is 51.4 Å². The van der Waals surface area contributed by atoms with Gasteiger partial charge in [0.15, 0.2) is 0 Å². The largest absolute Gasteiger partial charge is 1.00 e. The maximum absolute atomic E-state index is 11.3. The molecule has 0 aromatic rings. The minimum atomic E-state index is -4.30. The fraction of sp³-hybridized carbons (Fsp3) is 1.00. The standard InChI is InChI=1S/C21H44O4S.K/c1-3-5-6-7-8-9-10-11-12-13-14-15-16-17-18-21(26(23,24)25)19-20(22)4-2;/h20-22H,3-19H2,1-2H3,(H,23,24,25);/q;+1/p-1. The third-order valence-corrected chi connectivity index (χ3v) is 6.54. The molecule has 0 aromatic carbocycles. The van der Waals surface area contributed by atoms with Crippen molar-refractivity contribution in [1.82, 2.24) is 0 Å². The quantitative estimate of drug-likeness (QED) is 0.194. The van der Waals surface area contributed by atoms with Crippen LogP contribution in [0.25, 0.3) is 0 Å². The van der Waals surface area contributed by atoms with Crippen molar-refractivity contribution >= 4 is 10.1 Å². The summed E-state index contributed by atoms with van der Waals surface area (Å²) in [6, 6.07) is 0. The van der Waals surface area contributed by atoms with Gasteiger partial charge in [-0.3, -0.25) is 0 Å². The Morgan fingerprint density at radius 2 is 1.11 bits per heavy atom. The van der Waals surface area contributed by atoms with E-state index in [1.54, 1.807) is 6.92 Å². The second-order valence-corrected chi connectivity index (χ2v) is 9.45. The Bertz CT molecular complexity index is 401. The van der Waals surface area contributed by atoms with E-state index in [2.05, 4.69) is 6.92 Å². The number of aliphatic hydroxyl groups is 1. The van der Waals surface area contributed by atoms with Crippen molar-refractivity contribution in [1.29, 1.82) is 0 Å². The molecule has 0 saturated carbocycles. The molecule has 0 rings (SSSR count). The molecule has 27 heavy (non-hydrogen) atoms. The molecule has 158 valence electrons. The van der Waals surface area contributed by atoms with Gasteiger partial charge in [-0.15, -0.1) is 0 Å². The molecule has 0 radical (unpaired) electrons. The molecule has 1 N–H and O–H groups in total. The van der Waals surface area contributed by atoms with Crippen molar-refractivity contribution in [3.05, 3.63) is 0 Å². The van der Waals surface area contributed by atoms with Gasteiger partial charge in [0.25, 0.3) is 0 Å². The Hall–Kier alpha value is 1.51. The van der Waals surface area contributed by atoms with E-state index in [0.717, 1.165) is 19.3 Å². The summed E-state index contributed by atoms with van der Waals surface area (Å²) < 4.78 is 33.8. The van der Waals surface area contributed by atoms with Gasteiger partial charge in [-0.25, -0.2) is 8.42 Å². The van der Waals surface area contributed by atoms with Gasteiger partial charge in [0.2, 0.25) is 0 Å². The SMILES string of the molecule is CCCCCCCCCCCCCCCCC(CC(O)CC)S(=O)(=O)[O-].[K+]. The van der Waals surface area contributed by atoms with E-state index >= 15 is 0 Å². The number of hydrogen-bond acceptors (Lipinski definition) is 4. The molecule has 0 spiro atoms. The molecule has 0 saturated heterocycles. The summed E-state index contributed by atoms with van der Waals surface area (Å²) in [6.07, 6.45) is 17.8. The fourth-order valence-corrected chi connectivity index (χ4v) is 4.33. The molecule has 0 aliphatic heterocycles. The predicted octanol–water partition coefficient (Wildman–Crippen LogP) is 2.94. The number of aliphatic hydroxyl groups excluding tert-OH is 1. The predicted molar refractivity (Wildman–Crippen MR) is 109 cm³/mol. The van der Waals surface area contributed by atoms with E-state index in [4.69, 9.17) is 0 Å². The first-order chi connectivity index (χ1) is 12.4. The normalized spacial score (nSPS) is 13.9. The number of hydrogen-bond donors (Lipinski definition) is 1. The molecule has 6 heteroatoms. The van der Waals surface area contributed by atoms with E-state index in [1.807, 2.05) is 0 Å². The van der Waals surface area contributed by atoms with Crippen LogP contribution in [-0.2, 0) is 10.1 Å². The molecular formula is C21H43KO4S. The molecule has 0 aliphatic rings. The molecule has 0 bridgehead atoms. The van der Waals surface area contributed by atoms with Gasteiger partial charge in [0.1, 0.15) is 0 Å². The summed E-state index contributed by atoms with van der Waals surface area (Å²) in [5.74, 6) is 0. The third kappa shape index (κ3) is 20.6. The van der Waals surface area contributed by atoms with Crippen molar-refractivity contribution in [3.63, 3.8) is 0 Å². The number of unbranched alkanes of at least 4 members (excludes halogenated alkanes) is 13. The summed E-state index contributed by atoms with van der Waals surface area (Å²) in [7, 11) is -4.30. The second-order valence-electron chi connectivity index (χ2n) is 7.80. The average Bonchev–Trinajstić information content (AvgIpc) is 2.59. The van der Waals surface area contributed by atoms with E-state index in [1.165, 1.54) is 70.6 Å². The first kappa shape index (κ1) is 30.7. The Balaban J connectivity index is 0. The zero-order valence-corrected chi connectivity index (χ0v) is 22.2.